The van der Waals surface area contributed by atoms with Gasteiger partial charge in [0.25, 0.3) is 0 Å². The van der Waals surface area contributed by atoms with E-state index in [4.69, 9.17) is 0 Å². The van der Waals surface area contributed by atoms with E-state index in [9.17, 15) is 4.79 Å². The Labute approximate surface area is 102 Å². The third-order valence-corrected chi connectivity index (χ3v) is 2.83. The number of nitrogens with one attached hydrogen (secondary N) is 1. The standard InChI is InChI=1S/C12H11N5O/c1-7-3-17(4-8(2)10(7)18)12-9-11(14-5-13-9)15-6-16-12/h3-6H,1-2H3,(H,13,14,15,16). The lowest BCUT2D eigenvalue weighted by atomic mass is 10.2. The van der Waals surface area contributed by atoms with Crippen molar-refractivity contribution in [2.45, 2.75) is 13.8 Å². The van der Waals surface area contributed by atoms with Gasteiger partial charge in [0.2, 0.25) is 0 Å². The molecule has 3 aromatic rings. The molecular weight excluding hydrogens is 230 g/mol. The van der Waals surface area contributed by atoms with Crippen molar-refractivity contribution in [2.24, 2.45) is 0 Å². The summed E-state index contributed by atoms with van der Waals surface area (Å²) >= 11 is 0. The minimum absolute atomic E-state index is 0.0566. The molecule has 3 rings (SSSR count). The molecule has 6 nitrogen and oxygen atoms in total. The van der Waals surface area contributed by atoms with Crippen LogP contribution in [0.4, 0.5) is 0 Å². The molecule has 3 aromatic heterocycles. The van der Waals surface area contributed by atoms with E-state index in [1.165, 1.54) is 6.33 Å². The maximum atomic E-state index is 11.7. The Balaban J connectivity index is 2.33. The van der Waals surface area contributed by atoms with Crippen molar-refractivity contribution in [3.63, 3.8) is 0 Å². The molecule has 0 bridgehead atoms. The van der Waals surface area contributed by atoms with E-state index in [2.05, 4.69) is 19.9 Å². The third-order valence-electron chi connectivity index (χ3n) is 2.83. The molecule has 6 heteroatoms. The number of pyridine rings is 1. The van der Waals surface area contributed by atoms with Gasteiger partial charge >= 0.3 is 0 Å². The van der Waals surface area contributed by atoms with E-state index >= 15 is 0 Å². The van der Waals surface area contributed by atoms with Crippen LogP contribution in [0.2, 0.25) is 0 Å². The Hall–Kier alpha value is -2.50. The van der Waals surface area contributed by atoms with Gasteiger partial charge in [0, 0.05) is 23.5 Å². The highest BCUT2D eigenvalue weighted by atomic mass is 16.1. The number of nitrogens with zero attached hydrogens (tertiary/aromatic N) is 4. The van der Waals surface area contributed by atoms with E-state index in [0.717, 1.165) is 5.52 Å². The van der Waals surface area contributed by atoms with Crippen molar-refractivity contribution >= 4 is 11.2 Å². The average Bonchev–Trinajstić information content (AvgIpc) is 2.83. The monoisotopic (exact) mass is 241 g/mol. The summed E-state index contributed by atoms with van der Waals surface area (Å²) in [6, 6.07) is 0. The summed E-state index contributed by atoms with van der Waals surface area (Å²) in [5.74, 6) is 0.684. The Morgan fingerprint density at radius 3 is 2.56 bits per heavy atom. The first-order valence-corrected chi connectivity index (χ1v) is 5.51. The van der Waals surface area contributed by atoms with Gasteiger partial charge in [-0.3, -0.25) is 4.79 Å². The number of aromatic nitrogens is 5. The predicted molar refractivity (Wildman–Crippen MR) is 66.8 cm³/mol. The molecule has 0 aliphatic heterocycles. The third kappa shape index (κ3) is 1.50. The number of aryl methyl sites for hydroxylation is 2. The lowest BCUT2D eigenvalue weighted by Crippen LogP contribution is -2.13. The van der Waals surface area contributed by atoms with Crippen LogP contribution in [-0.2, 0) is 0 Å². The molecule has 0 fully saturated rings. The molecule has 0 saturated heterocycles. The zero-order chi connectivity index (χ0) is 12.7. The number of aromatic amines is 1. The van der Waals surface area contributed by atoms with Gasteiger partial charge in [-0.15, -0.1) is 0 Å². The van der Waals surface area contributed by atoms with Gasteiger partial charge in [-0.25, -0.2) is 15.0 Å². The van der Waals surface area contributed by atoms with Crippen LogP contribution in [0.1, 0.15) is 11.1 Å². The molecule has 0 aromatic carbocycles. The molecule has 0 saturated carbocycles. The molecule has 3 heterocycles. The van der Waals surface area contributed by atoms with Gasteiger partial charge in [0.1, 0.15) is 11.8 Å². The van der Waals surface area contributed by atoms with Crippen molar-refractivity contribution in [1.29, 1.82) is 0 Å². The Kier molecular flexibility index (Phi) is 2.22. The first-order chi connectivity index (χ1) is 8.66. The highest BCUT2D eigenvalue weighted by molar-refractivity contribution is 5.77. The largest absolute Gasteiger partial charge is 0.340 e. The molecule has 18 heavy (non-hydrogen) atoms. The Bertz CT molecular complexity index is 760. The fourth-order valence-electron chi connectivity index (χ4n) is 1.95. The minimum Gasteiger partial charge on any atom is -0.340 e. The summed E-state index contributed by atoms with van der Waals surface area (Å²) in [5.41, 5.74) is 2.78. The van der Waals surface area contributed by atoms with Gasteiger partial charge in [-0.05, 0) is 13.8 Å². The fraction of sp³-hybridized carbons (Fsp3) is 0.167. The molecule has 0 spiro atoms. The van der Waals surface area contributed by atoms with E-state index in [1.54, 1.807) is 32.6 Å². The molecule has 0 aliphatic rings. The average molecular weight is 241 g/mol. The second-order valence-corrected chi connectivity index (χ2v) is 4.16. The van der Waals surface area contributed by atoms with Crippen LogP contribution in [0.5, 0.6) is 0 Å². The van der Waals surface area contributed by atoms with E-state index < -0.39 is 0 Å². The van der Waals surface area contributed by atoms with Crippen LogP contribution < -0.4 is 5.43 Å². The maximum absolute atomic E-state index is 11.7. The van der Waals surface area contributed by atoms with Crippen LogP contribution >= 0.6 is 0 Å². The maximum Gasteiger partial charge on any atom is 0.187 e. The molecule has 0 atom stereocenters. The van der Waals surface area contributed by atoms with Crippen molar-refractivity contribution in [3.05, 3.63) is 46.4 Å². The van der Waals surface area contributed by atoms with Crippen molar-refractivity contribution in [2.75, 3.05) is 0 Å². The fourth-order valence-corrected chi connectivity index (χ4v) is 1.95. The van der Waals surface area contributed by atoms with Crippen LogP contribution in [-0.4, -0.2) is 24.5 Å². The molecular formula is C12H11N5O. The molecule has 0 amide bonds. The number of hydrogen-bond donors (Lipinski definition) is 1. The number of fused-ring (bicyclic) bond motifs is 1. The van der Waals surface area contributed by atoms with Crippen LogP contribution in [0.25, 0.3) is 17.0 Å². The highest BCUT2D eigenvalue weighted by Gasteiger charge is 2.08. The van der Waals surface area contributed by atoms with Gasteiger partial charge in [0.05, 0.1) is 6.33 Å². The summed E-state index contributed by atoms with van der Waals surface area (Å²) in [5, 5.41) is 0. The van der Waals surface area contributed by atoms with Crippen LogP contribution in [0.15, 0.2) is 29.8 Å². The first kappa shape index (κ1) is 10.6. The lowest BCUT2D eigenvalue weighted by molar-refractivity contribution is 0.950. The van der Waals surface area contributed by atoms with Crippen LogP contribution in [0.3, 0.4) is 0 Å². The summed E-state index contributed by atoms with van der Waals surface area (Å²) in [7, 11) is 0. The van der Waals surface area contributed by atoms with Crippen LogP contribution in [0, 0.1) is 13.8 Å². The zero-order valence-corrected chi connectivity index (χ0v) is 10.0. The quantitative estimate of drug-likeness (QED) is 0.692. The number of H-pyrrole nitrogens is 1. The van der Waals surface area contributed by atoms with Gasteiger partial charge < -0.3 is 9.55 Å². The van der Waals surface area contributed by atoms with Crippen molar-refractivity contribution in [1.82, 2.24) is 24.5 Å². The number of rotatable bonds is 1. The lowest BCUT2D eigenvalue weighted by Gasteiger charge is -2.08. The van der Waals surface area contributed by atoms with Gasteiger partial charge in [-0.2, -0.15) is 0 Å². The zero-order valence-electron chi connectivity index (χ0n) is 10.0. The second kappa shape index (κ2) is 3.76. The highest BCUT2D eigenvalue weighted by Crippen LogP contribution is 2.14. The number of hydrogen-bond acceptors (Lipinski definition) is 4. The molecule has 1 N–H and O–H groups in total. The molecule has 0 aliphatic carbocycles. The summed E-state index contributed by atoms with van der Waals surface area (Å²) < 4.78 is 1.81. The molecule has 0 unspecified atom stereocenters. The van der Waals surface area contributed by atoms with Crippen molar-refractivity contribution < 1.29 is 0 Å². The topological polar surface area (TPSA) is 76.5 Å². The normalized spacial score (nSPS) is 11.0. The minimum atomic E-state index is 0.0566. The van der Waals surface area contributed by atoms with E-state index in [0.29, 0.717) is 22.6 Å². The van der Waals surface area contributed by atoms with E-state index in [-0.39, 0.29) is 5.43 Å². The summed E-state index contributed by atoms with van der Waals surface area (Å²) in [6.07, 6.45) is 6.56. The van der Waals surface area contributed by atoms with Gasteiger partial charge in [-0.1, -0.05) is 0 Å². The summed E-state index contributed by atoms with van der Waals surface area (Å²) in [6.45, 7) is 3.58. The molecule has 0 radical (unpaired) electrons. The predicted octanol–water partition coefficient (Wildman–Crippen LogP) is 1.12. The summed E-state index contributed by atoms with van der Waals surface area (Å²) in [4.78, 5) is 27.1. The Morgan fingerprint density at radius 2 is 1.83 bits per heavy atom. The smallest absolute Gasteiger partial charge is 0.187 e. The second-order valence-electron chi connectivity index (χ2n) is 4.16. The number of imidazole rings is 1. The Morgan fingerprint density at radius 1 is 1.11 bits per heavy atom. The SMILES string of the molecule is Cc1cn(-c2ncnc3nc[nH]c23)cc(C)c1=O. The van der Waals surface area contributed by atoms with Crippen molar-refractivity contribution in [3.8, 4) is 5.82 Å². The molecule has 90 valence electrons. The first-order valence-electron chi connectivity index (χ1n) is 5.51. The van der Waals surface area contributed by atoms with E-state index in [1.807, 2.05) is 4.57 Å². The van der Waals surface area contributed by atoms with Gasteiger partial charge in [0.15, 0.2) is 16.9 Å².